The molecule has 2 aromatic carbocycles. The molecular weight excluding hydrogens is 444 g/mol. The largest absolute Gasteiger partial charge is 0.462 e. The van der Waals surface area contributed by atoms with E-state index in [1.54, 1.807) is 48.5 Å². The van der Waals surface area contributed by atoms with Gasteiger partial charge in [-0.2, -0.15) is 0 Å². The SMILES string of the molecule is CC.CC.CC.CC.CO.CO.O=C(OCC1CC1COC(=O)c1ccccc1)c1ccccc1. The lowest BCUT2D eigenvalue weighted by molar-refractivity contribution is 0.0419. The summed E-state index contributed by atoms with van der Waals surface area (Å²) in [6.45, 7) is 16.8. The van der Waals surface area contributed by atoms with Gasteiger partial charge < -0.3 is 19.7 Å². The van der Waals surface area contributed by atoms with Gasteiger partial charge in [0, 0.05) is 14.2 Å². The molecule has 35 heavy (non-hydrogen) atoms. The first-order valence-electron chi connectivity index (χ1n) is 12.6. The van der Waals surface area contributed by atoms with Crippen LogP contribution in [-0.2, 0) is 9.47 Å². The van der Waals surface area contributed by atoms with Crippen molar-refractivity contribution in [2.45, 2.75) is 61.8 Å². The molecule has 2 aromatic rings. The highest BCUT2D eigenvalue weighted by Crippen LogP contribution is 2.39. The van der Waals surface area contributed by atoms with Crippen molar-refractivity contribution >= 4 is 11.9 Å². The molecule has 0 heterocycles. The van der Waals surface area contributed by atoms with Gasteiger partial charge in [-0.05, 0) is 42.5 Å². The molecule has 1 aliphatic rings. The lowest BCUT2D eigenvalue weighted by atomic mass is 10.2. The van der Waals surface area contributed by atoms with Crippen molar-refractivity contribution in [1.29, 1.82) is 0 Å². The summed E-state index contributed by atoms with van der Waals surface area (Å²) >= 11 is 0. The maximum absolute atomic E-state index is 11.8. The molecule has 1 aliphatic carbocycles. The van der Waals surface area contributed by atoms with Gasteiger partial charge in [0.05, 0.1) is 24.3 Å². The zero-order chi connectivity index (χ0) is 28.1. The Bertz CT molecular complexity index is 615. The monoisotopic (exact) mass is 494 g/mol. The average molecular weight is 495 g/mol. The number of esters is 2. The predicted octanol–water partition coefficient (Wildman–Crippen LogP) is 6.66. The normalized spacial score (nSPS) is 13.5. The Balaban J connectivity index is -0.000000351. The van der Waals surface area contributed by atoms with Crippen molar-refractivity contribution in [2.24, 2.45) is 11.8 Å². The minimum Gasteiger partial charge on any atom is -0.462 e. The highest BCUT2D eigenvalue weighted by Gasteiger charge is 2.39. The Labute approximate surface area is 214 Å². The highest BCUT2D eigenvalue weighted by atomic mass is 16.5. The van der Waals surface area contributed by atoms with Crippen LogP contribution in [0.15, 0.2) is 60.7 Å². The van der Waals surface area contributed by atoms with Crippen molar-refractivity contribution in [3.63, 3.8) is 0 Å². The Morgan fingerprint density at radius 3 is 1.11 bits per heavy atom. The third kappa shape index (κ3) is 19.3. The summed E-state index contributed by atoms with van der Waals surface area (Å²) < 4.78 is 10.6. The lowest BCUT2D eigenvalue weighted by Gasteiger charge is -2.06. The summed E-state index contributed by atoms with van der Waals surface area (Å²) in [5.41, 5.74) is 1.11. The lowest BCUT2D eigenvalue weighted by Crippen LogP contribution is -2.11. The molecule has 1 saturated carbocycles. The fourth-order valence-electron chi connectivity index (χ4n) is 2.40. The Kier molecular flexibility index (Phi) is 35.3. The van der Waals surface area contributed by atoms with Gasteiger partial charge in [-0.15, -0.1) is 0 Å². The second-order valence-corrected chi connectivity index (χ2v) is 5.68. The smallest absolute Gasteiger partial charge is 0.338 e. The van der Waals surface area contributed by atoms with Crippen LogP contribution in [-0.4, -0.2) is 49.6 Å². The second kappa shape index (κ2) is 31.3. The molecule has 0 saturated heterocycles. The molecule has 202 valence electrons. The van der Waals surface area contributed by atoms with Crippen LogP contribution in [0.1, 0.15) is 82.5 Å². The molecule has 2 N–H and O–H groups in total. The van der Waals surface area contributed by atoms with Crippen LogP contribution in [0.25, 0.3) is 0 Å². The number of benzene rings is 2. The maximum atomic E-state index is 11.8. The van der Waals surface area contributed by atoms with Crippen molar-refractivity contribution < 1.29 is 29.3 Å². The van der Waals surface area contributed by atoms with E-state index in [0.717, 1.165) is 20.6 Å². The van der Waals surface area contributed by atoms with Crippen LogP contribution < -0.4 is 0 Å². The molecule has 0 spiro atoms. The molecule has 0 bridgehead atoms. The van der Waals surface area contributed by atoms with Crippen molar-refractivity contribution in [1.82, 2.24) is 0 Å². The molecule has 6 heteroatoms. The topological polar surface area (TPSA) is 93.1 Å². The third-order valence-electron chi connectivity index (χ3n) is 3.95. The summed E-state index contributed by atoms with van der Waals surface area (Å²) in [7, 11) is 2.00. The summed E-state index contributed by atoms with van der Waals surface area (Å²) in [4.78, 5) is 23.7. The molecular formula is C29H50O6. The van der Waals surface area contributed by atoms with E-state index in [4.69, 9.17) is 19.7 Å². The van der Waals surface area contributed by atoms with Crippen molar-refractivity contribution in [3.8, 4) is 0 Å². The van der Waals surface area contributed by atoms with Crippen LogP contribution in [0.4, 0.5) is 0 Å². The van der Waals surface area contributed by atoms with E-state index in [-0.39, 0.29) is 23.8 Å². The van der Waals surface area contributed by atoms with E-state index in [1.807, 2.05) is 67.5 Å². The van der Waals surface area contributed by atoms with Gasteiger partial charge in [-0.3, -0.25) is 0 Å². The van der Waals surface area contributed by atoms with E-state index in [1.165, 1.54) is 0 Å². The van der Waals surface area contributed by atoms with E-state index < -0.39 is 0 Å². The number of rotatable bonds is 6. The van der Waals surface area contributed by atoms with Crippen molar-refractivity contribution in [2.75, 3.05) is 27.4 Å². The molecule has 0 aliphatic heterocycles. The minimum atomic E-state index is -0.308. The van der Waals surface area contributed by atoms with Crippen LogP contribution in [0.5, 0.6) is 0 Å². The van der Waals surface area contributed by atoms with Crippen LogP contribution in [0.2, 0.25) is 0 Å². The van der Waals surface area contributed by atoms with Gasteiger partial charge in [0.25, 0.3) is 0 Å². The number of aliphatic hydroxyl groups is 2. The summed E-state index contributed by atoms with van der Waals surface area (Å²) in [5, 5.41) is 14.0. The zero-order valence-corrected chi connectivity index (χ0v) is 23.6. The van der Waals surface area contributed by atoms with Gasteiger partial charge in [-0.1, -0.05) is 91.8 Å². The van der Waals surface area contributed by atoms with Crippen molar-refractivity contribution in [3.05, 3.63) is 71.8 Å². The fraction of sp³-hybridized carbons (Fsp3) is 0.517. The van der Waals surface area contributed by atoms with Gasteiger partial charge in [0.2, 0.25) is 0 Å². The Morgan fingerprint density at radius 2 is 0.857 bits per heavy atom. The van der Waals surface area contributed by atoms with Crippen LogP contribution >= 0.6 is 0 Å². The molecule has 0 aromatic heterocycles. The third-order valence-corrected chi connectivity index (χ3v) is 3.95. The average Bonchev–Trinajstić information content (AvgIpc) is 3.76. The summed E-state index contributed by atoms with van der Waals surface area (Å²) in [5.74, 6) is -0.0486. The molecule has 0 amide bonds. The van der Waals surface area contributed by atoms with Gasteiger partial charge >= 0.3 is 11.9 Å². The van der Waals surface area contributed by atoms with Gasteiger partial charge in [0.15, 0.2) is 0 Å². The molecule has 2 atom stereocenters. The van der Waals surface area contributed by atoms with Gasteiger partial charge in [0.1, 0.15) is 0 Å². The molecule has 6 nitrogen and oxygen atoms in total. The zero-order valence-electron chi connectivity index (χ0n) is 23.6. The Hall–Kier alpha value is -2.70. The van der Waals surface area contributed by atoms with Crippen LogP contribution in [0, 0.1) is 11.8 Å². The molecule has 2 unspecified atom stereocenters. The van der Waals surface area contributed by atoms with Crippen LogP contribution in [0.3, 0.4) is 0 Å². The first-order chi connectivity index (χ1) is 17.2. The number of aliphatic hydroxyl groups excluding tert-OH is 2. The summed E-state index contributed by atoms with van der Waals surface area (Å²) in [6.07, 6.45) is 0.921. The van der Waals surface area contributed by atoms with E-state index in [2.05, 4.69) is 0 Å². The van der Waals surface area contributed by atoms with Gasteiger partial charge in [-0.25, -0.2) is 9.59 Å². The Morgan fingerprint density at radius 1 is 0.600 bits per heavy atom. The summed E-state index contributed by atoms with van der Waals surface area (Å²) in [6, 6.07) is 17.9. The van der Waals surface area contributed by atoms with E-state index in [0.29, 0.717) is 24.3 Å². The molecule has 3 rings (SSSR count). The molecule has 0 radical (unpaired) electrons. The predicted molar refractivity (Wildman–Crippen MR) is 147 cm³/mol. The van der Waals surface area contributed by atoms with E-state index >= 15 is 0 Å². The van der Waals surface area contributed by atoms with E-state index in [9.17, 15) is 9.59 Å². The molecule has 1 fully saturated rings. The number of ether oxygens (including phenoxy) is 2. The second-order valence-electron chi connectivity index (χ2n) is 5.68. The number of hydrogen-bond donors (Lipinski definition) is 2. The standard InChI is InChI=1S/C19H18O4.4C2H6.2CH4O/c20-18(14-7-3-1-4-8-14)22-12-16-11-17(16)13-23-19(21)15-9-5-2-6-10-15;6*1-2/h1-10,16-17H,11-13H2;4*1-2H3;2*2H,1H3. The first kappa shape index (κ1) is 39.5. The first-order valence-corrected chi connectivity index (χ1v) is 12.6. The fourth-order valence-corrected chi connectivity index (χ4v) is 2.40. The number of hydrogen-bond acceptors (Lipinski definition) is 6. The highest BCUT2D eigenvalue weighted by molar-refractivity contribution is 5.89. The maximum Gasteiger partial charge on any atom is 0.338 e. The quantitative estimate of drug-likeness (QED) is 0.436. The number of carbonyl (C=O) groups excluding carboxylic acids is 2. The minimum absolute atomic E-state index is 0.284. The number of carbonyl (C=O) groups is 2.